The lowest BCUT2D eigenvalue weighted by atomic mass is 10.0. The summed E-state index contributed by atoms with van der Waals surface area (Å²) in [5.74, 6) is 0.186. The highest BCUT2D eigenvalue weighted by molar-refractivity contribution is 5.91. The fourth-order valence-corrected chi connectivity index (χ4v) is 1.85. The lowest BCUT2D eigenvalue weighted by Gasteiger charge is -2.11. The molecule has 1 heterocycles. The first-order valence-corrected chi connectivity index (χ1v) is 5.12. The normalized spacial score (nSPS) is 10.6. The number of nitrogen functional groups attached to an aromatic ring is 1. The number of rotatable bonds is 2. The van der Waals surface area contributed by atoms with E-state index in [0.29, 0.717) is 17.6 Å². The summed E-state index contributed by atoms with van der Waals surface area (Å²) >= 11 is 0. The summed E-state index contributed by atoms with van der Waals surface area (Å²) in [5.41, 5.74) is 9.00. The maximum absolute atomic E-state index is 9.75. The molecule has 0 amide bonds. The van der Waals surface area contributed by atoms with Crippen LogP contribution in [0.2, 0.25) is 0 Å². The highest BCUT2D eigenvalue weighted by atomic mass is 16.3. The van der Waals surface area contributed by atoms with Gasteiger partial charge in [-0.1, -0.05) is 18.2 Å². The van der Waals surface area contributed by atoms with E-state index >= 15 is 0 Å². The topological polar surface area (TPSA) is 59.1 Å². The molecule has 0 atom stereocenters. The van der Waals surface area contributed by atoms with Gasteiger partial charge in [-0.2, -0.15) is 0 Å². The molecule has 2 rings (SSSR count). The molecule has 0 aliphatic heterocycles. The molecule has 0 aliphatic rings. The molecule has 2 aromatic rings. The number of hydrogen-bond donors (Lipinski definition) is 2. The Bertz CT molecular complexity index is 561. The molecule has 0 unspecified atom stereocenters. The number of aryl methyl sites for hydroxylation is 1. The lowest BCUT2D eigenvalue weighted by molar-refractivity contribution is 0.480. The maximum atomic E-state index is 9.75. The van der Waals surface area contributed by atoms with E-state index in [1.807, 2.05) is 13.0 Å². The second-order valence-electron chi connectivity index (χ2n) is 3.76. The summed E-state index contributed by atoms with van der Waals surface area (Å²) in [7, 11) is 0. The van der Waals surface area contributed by atoms with Gasteiger partial charge in [0.1, 0.15) is 11.3 Å². The van der Waals surface area contributed by atoms with Crippen molar-refractivity contribution in [2.24, 2.45) is 0 Å². The van der Waals surface area contributed by atoms with E-state index in [1.165, 1.54) is 0 Å². The SMILES string of the molecule is C=CCc1c(N)c(C)nc2c(O)cccc12. The molecule has 3 nitrogen and oxygen atoms in total. The number of nitrogens with two attached hydrogens (primary N) is 1. The highest BCUT2D eigenvalue weighted by Gasteiger charge is 2.10. The minimum Gasteiger partial charge on any atom is -0.506 e. The predicted molar refractivity (Wildman–Crippen MR) is 66.5 cm³/mol. The molecule has 0 saturated heterocycles. The van der Waals surface area contributed by atoms with Crippen LogP contribution < -0.4 is 5.73 Å². The van der Waals surface area contributed by atoms with E-state index < -0.39 is 0 Å². The van der Waals surface area contributed by atoms with Crippen LogP contribution in [0, 0.1) is 6.92 Å². The van der Waals surface area contributed by atoms with Crippen molar-refractivity contribution in [2.45, 2.75) is 13.3 Å². The Hall–Kier alpha value is -2.03. The van der Waals surface area contributed by atoms with Gasteiger partial charge in [-0.15, -0.1) is 6.58 Å². The Morgan fingerprint density at radius 2 is 2.25 bits per heavy atom. The van der Waals surface area contributed by atoms with Gasteiger partial charge in [-0.3, -0.25) is 0 Å². The number of phenolic OH excluding ortho intramolecular Hbond substituents is 1. The predicted octanol–water partition coefficient (Wildman–Crippen LogP) is 2.56. The number of allylic oxidation sites excluding steroid dienone is 1. The summed E-state index contributed by atoms with van der Waals surface area (Å²) in [6, 6.07) is 5.33. The average molecular weight is 214 g/mol. The van der Waals surface area contributed by atoms with Gasteiger partial charge in [0.25, 0.3) is 0 Å². The van der Waals surface area contributed by atoms with Crippen LogP contribution in [0.25, 0.3) is 10.9 Å². The number of fused-ring (bicyclic) bond motifs is 1. The summed E-state index contributed by atoms with van der Waals surface area (Å²) in [4.78, 5) is 4.31. The molecule has 82 valence electrons. The van der Waals surface area contributed by atoms with Crippen LogP contribution in [-0.2, 0) is 6.42 Å². The van der Waals surface area contributed by atoms with Crippen molar-refractivity contribution in [3.05, 3.63) is 42.1 Å². The molecular weight excluding hydrogens is 200 g/mol. The highest BCUT2D eigenvalue weighted by Crippen LogP contribution is 2.30. The molecular formula is C13H14N2O. The van der Waals surface area contributed by atoms with Crippen LogP contribution in [-0.4, -0.2) is 10.1 Å². The molecule has 0 bridgehead atoms. The molecule has 0 spiro atoms. The molecule has 3 heteroatoms. The number of phenols is 1. The standard InChI is InChI=1S/C13H14N2O/c1-3-5-9-10-6-4-7-11(16)13(10)15-8(2)12(9)14/h3-4,6-7,16H,1,5,14H2,2H3. The molecule has 1 aromatic heterocycles. The second-order valence-corrected chi connectivity index (χ2v) is 3.76. The Balaban J connectivity index is 2.88. The van der Waals surface area contributed by atoms with Gasteiger partial charge in [0, 0.05) is 5.39 Å². The summed E-state index contributed by atoms with van der Waals surface area (Å²) in [6.45, 7) is 5.56. The van der Waals surface area contributed by atoms with Gasteiger partial charge in [-0.25, -0.2) is 4.98 Å². The van der Waals surface area contributed by atoms with E-state index in [-0.39, 0.29) is 5.75 Å². The molecule has 1 aromatic carbocycles. The first-order chi connectivity index (χ1) is 7.65. The number of pyridine rings is 1. The fraction of sp³-hybridized carbons (Fsp3) is 0.154. The zero-order valence-corrected chi connectivity index (χ0v) is 9.20. The Morgan fingerprint density at radius 3 is 2.94 bits per heavy atom. The van der Waals surface area contributed by atoms with E-state index in [4.69, 9.17) is 5.73 Å². The van der Waals surface area contributed by atoms with E-state index in [0.717, 1.165) is 16.6 Å². The number of aromatic hydroxyl groups is 1. The number of nitrogens with zero attached hydrogens (tertiary/aromatic N) is 1. The Kier molecular flexibility index (Phi) is 2.52. The monoisotopic (exact) mass is 214 g/mol. The van der Waals surface area contributed by atoms with Crippen molar-refractivity contribution in [1.82, 2.24) is 4.98 Å². The van der Waals surface area contributed by atoms with Crippen LogP contribution >= 0.6 is 0 Å². The first kappa shape index (κ1) is 10.5. The van der Waals surface area contributed by atoms with Crippen molar-refractivity contribution in [3.8, 4) is 5.75 Å². The van der Waals surface area contributed by atoms with Crippen LogP contribution in [0.4, 0.5) is 5.69 Å². The minimum absolute atomic E-state index is 0.186. The van der Waals surface area contributed by atoms with E-state index in [1.54, 1.807) is 18.2 Å². The van der Waals surface area contributed by atoms with E-state index in [2.05, 4.69) is 11.6 Å². The fourth-order valence-electron chi connectivity index (χ4n) is 1.85. The minimum atomic E-state index is 0.186. The zero-order valence-electron chi connectivity index (χ0n) is 9.20. The number of hydrogen-bond acceptors (Lipinski definition) is 3. The lowest BCUT2D eigenvalue weighted by Crippen LogP contribution is -2.00. The van der Waals surface area contributed by atoms with Gasteiger partial charge in [0.15, 0.2) is 0 Å². The summed E-state index contributed by atoms with van der Waals surface area (Å²) < 4.78 is 0. The van der Waals surface area contributed by atoms with Crippen molar-refractivity contribution in [3.63, 3.8) is 0 Å². The van der Waals surface area contributed by atoms with Crippen LogP contribution in [0.1, 0.15) is 11.3 Å². The van der Waals surface area contributed by atoms with Crippen molar-refractivity contribution < 1.29 is 5.11 Å². The maximum Gasteiger partial charge on any atom is 0.141 e. The zero-order chi connectivity index (χ0) is 11.7. The third-order valence-electron chi connectivity index (χ3n) is 2.68. The molecule has 0 aliphatic carbocycles. The van der Waals surface area contributed by atoms with Gasteiger partial charge in [0.05, 0.1) is 11.4 Å². The van der Waals surface area contributed by atoms with Crippen molar-refractivity contribution in [2.75, 3.05) is 5.73 Å². The van der Waals surface area contributed by atoms with Gasteiger partial charge in [0.2, 0.25) is 0 Å². The number of anilines is 1. The van der Waals surface area contributed by atoms with Gasteiger partial charge >= 0.3 is 0 Å². The Labute approximate surface area is 94.2 Å². The van der Waals surface area contributed by atoms with E-state index in [9.17, 15) is 5.11 Å². The molecule has 0 fully saturated rings. The smallest absolute Gasteiger partial charge is 0.141 e. The molecule has 0 radical (unpaired) electrons. The summed E-state index contributed by atoms with van der Waals surface area (Å²) in [6.07, 6.45) is 2.48. The number of para-hydroxylation sites is 1. The van der Waals surface area contributed by atoms with Gasteiger partial charge < -0.3 is 10.8 Å². The average Bonchev–Trinajstić information content (AvgIpc) is 2.26. The molecule has 16 heavy (non-hydrogen) atoms. The van der Waals surface area contributed by atoms with Crippen LogP contribution in [0.15, 0.2) is 30.9 Å². The number of benzene rings is 1. The third kappa shape index (κ3) is 1.50. The molecule has 0 saturated carbocycles. The second kappa shape index (κ2) is 3.85. The van der Waals surface area contributed by atoms with Crippen LogP contribution in [0.5, 0.6) is 5.75 Å². The third-order valence-corrected chi connectivity index (χ3v) is 2.68. The largest absolute Gasteiger partial charge is 0.506 e. The van der Waals surface area contributed by atoms with Gasteiger partial charge in [-0.05, 0) is 25.0 Å². The Morgan fingerprint density at radius 1 is 1.50 bits per heavy atom. The number of aromatic nitrogens is 1. The quantitative estimate of drug-likeness (QED) is 0.755. The van der Waals surface area contributed by atoms with Crippen molar-refractivity contribution in [1.29, 1.82) is 0 Å². The van der Waals surface area contributed by atoms with Crippen molar-refractivity contribution >= 4 is 16.6 Å². The first-order valence-electron chi connectivity index (χ1n) is 5.12. The van der Waals surface area contributed by atoms with Crippen LogP contribution in [0.3, 0.4) is 0 Å². The summed E-state index contributed by atoms with van der Waals surface area (Å²) in [5, 5.41) is 10.6. The molecule has 3 N–H and O–H groups in total.